The van der Waals surface area contributed by atoms with Crippen LogP contribution in [0.5, 0.6) is 0 Å². The topological polar surface area (TPSA) is 47.1 Å². The maximum absolute atomic E-state index is 11.7. The van der Waals surface area contributed by atoms with E-state index < -0.39 is 0 Å². The summed E-state index contributed by atoms with van der Waals surface area (Å²) in [5.74, 6) is 0.394. The molecule has 2 rings (SSSR count). The van der Waals surface area contributed by atoms with E-state index in [9.17, 15) is 9.59 Å². The molecule has 156 valence electrons. The number of carbonyl (C=O) groups excluding carboxylic acids is 2. The second kappa shape index (κ2) is 11.0. The van der Waals surface area contributed by atoms with Crippen LogP contribution in [0.3, 0.4) is 0 Å². The van der Waals surface area contributed by atoms with Crippen molar-refractivity contribution in [2.24, 2.45) is 0 Å². The number of hydrogen-bond acceptors (Lipinski definition) is 4. The van der Waals surface area contributed by atoms with E-state index in [0.29, 0.717) is 12.1 Å². The smallest absolute Gasteiger partial charge is 0.220 e. The Balaban J connectivity index is 1.51. The molecule has 0 aromatic carbocycles. The molecule has 2 amide bonds. The summed E-state index contributed by atoms with van der Waals surface area (Å²) in [6.45, 7) is 13.7. The first-order valence-electron chi connectivity index (χ1n) is 10.9. The highest BCUT2D eigenvalue weighted by atomic mass is 16.2. The van der Waals surface area contributed by atoms with Gasteiger partial charge in [-0.05, 0) is 52.6 Å². The van der Waals surface area contributed by atoms with Gasteiger partial charge in [0.25, 0.3) is 0 Å². The Morgan fingerprint density at radius 2 is 1.07 bits per heavy atom. The van der Waals surface area contributed by atoms with Gasteiger partial charge in [0.2, 0.25) is 11.8 Å². The molecule has 2 aliphatic rings. The third-order valence-electron chi connectivity index (χ3n) is 6.25. The predicted octanol–water partition coefficient (Wildman–Crippen LogP) is 2.74. The van der Waals surface area contributed by atoms with Gasteiger partial charge in [-0.2, -0.15) is 0 Å². The van der Waals surface area contributed by atoms with Crippen LogP contribution in [0.2, 0.25) is 0 Å². The first kappa shape index (κ1) is 22.2. The number of rotatable bonds is 8. The third-order valence-corrected chi connectivity index (χ3v) is 6.25. The second-order valence-electron chi connectivity index (χ2n) is 8.54. The summed E-state index contributed by atoms with van der Waals surface area (Å²) < 4.78 is 0. The number of nitrogens with zero attached hydrogens (tertiary/aromatic N) is 4. The molecule has 0 spiro atoms. The zero-order chi connectivity index (χ0) is 19.8. The Morgan fingerprint density at radius 3 is 1.44 bits per heavy atom. The average molecular weight is 381 g/mol. The van der Waals surface area contributed by atoms with E-state index in [0.717, 1.165) is 52.4 Å². The van der Waals surface area contributed by atoms with Crippen LogP contribution in [-0.4, -0.2) is 83.0 Å². The largest absolute Gasteiger partial charge is 0.327 e. The van der Waals surface area contributed by atoms with Gasteiger partial charge >= 0.3 is 0 Å². The molecule has 6 heteroatoms. The highest BCUT2D eigenvalue weighted by Gasteiger charge is 2.25. The lowest BCUT2D eigenvalue weighted by molar-refractivity contribution is -0.136. The summed E-state index contributed by atoms with van der Waals surface area (Å²) in [5.41, 5.74) is 0. The number of unbranched alkanes of at least 4 members (excludes halogenated alkanes) is 4. The van der Waals surface area contributed by atoms with Crippen molar-refractivity contribution in [1.29, 1.82) is 0 Å². The molecule has 0 bridgehead atoms. The molecule has 0 saturated carbocycles. The van der Waals surface area contributed by atoms with Gasteiger partial charge in [-0.15, -0.1) is 0 Å². The lowest BCUT2D eigenvalue weighted by Crippen LogP contribution is -2.51. The molecule has 0 N–H and O–H groups in total. The lowest BCUT2D eigenvalue weighted by atomic mass is 10.1. The van der Waals surface area contributed by atoms with Gasteiger partial charge in [-0.1, -0.05) is 19.3 Å². The molecular weight excluding hydrogens is 340 g/mol. The van der Waals surface area contributed by atoms with Crippen molar-refractivity contribution >= 4 is 11.8 Å². The molecule has 2 aliphatic heterocycles. The standard InChI is InChI=1S/C21H40N4O2/c1-18-10-14-22(16-24(18)20(3)26)12-8-6-5-7-9-13-23-15-11-19(2)25(17-23)21(4)27/h18-19H,5-17H2,1-4H3/t18-,19-/m1/s1. The van der Waals surface area contributed by atoms with Crippen LogP contribution in [0.25, 0.3) is 0 Å². The van der Waals surface area contributed by atoms with E-state index in [1.165, 1.54) is 32.1 Å². The summed E-state index contributed by atoms with van der Waals surface area (Å²) in [6.07, 6.45) is 8.43. The highest BCUT2D eigenvalue weighted by molar-refractivity contribution is 5.74. The molecule has 0 aliphatic carbocycles. The maximum Gasteiger partial charge on any atom is 0.220 e. The van der Waals surface area contributed by atoms with Crippen molar-refractivity contribution in [2.45, 2.75) is 84.7 Å². The van der Waals surface area contributed by atoms with Gasteiger partial charge in [-0.3, -0.25) is 19.4 Å². The van der Waals surface area contributed by atoms with Crippen LogP contribution in [0, 0.1) is 0 Å². The minimum absolute atomic E-state index is 0.197. The van der Waals surface area contributed by atoms with E-state index in [1.54, 1.807) is 13.8 Å². The van der Waals surface area contributed by atoms with Gasteiger partial charge in [0.05, 0.1) is 13.3 Å². The van der Waals surface area contributed by atoms with Gasteiger partial charge < -0.3 is 9.80 Å². The van der Waals surface area contributed by atoms with Crippen molar-refractivity contribution in [3.63, 3.8) is 0 Å². The molecule has 2 fully saturated rings. The van der Waals surface area contributed by atoms with Crippen molar-refractivity contribution in [1.82, 2.24) is 19.6 Å². The summed E-state index contributed by atoms with van der Waals surface area (Å²) >= 11 is 0. The zero-order valence-corrected chi connectivity index (χ0v) is 18.0. The Kier molecular flexibility index (Phi) is 9.03. The number of hydrogen-bond donors (Lipinski definition) is 0. The SMILES string of the molecule is CC(=O)N1CN(CCCCCCCN2CC[C@@H](C)N(C(C)=O)C2)CC[C@H]1C. The van der Waals surface area contributed by atoms with E-state index in [2.05, 4.69) is 23.6 Å². The van der Waals surface area contributed by atoms with Crippen molar-refractivity contribution in [2.75, 3.05) is 39.5 Å². The highest BCUT2D eigenvalue weighted by Crippen LogP contribution is 2.16. The Hall–Kier alpha value is -1.14. The molecular formula is C21H40N4O2. The molecule has 0 aromatic heterocycles. The average Bonchev–Trinajstić information content (AvgIpc) is 2.63. The van der Waals surface area contributed by atoms with E-state index in [-0.39, 0.29) is 11.8 Å². The van der Waals surface area contributed by atoms with Crippen molar-refractivity contribution in [3.8, 4) is 0 Å². The molecule has 2 heterocycles. The third kappa shape index (κ3) is 7.07. The van der Waals surface area contributed by atoms with E-state index >= 15 is 0 Å². The Labute approximate surface area is 165 Å². The van der Waals surface area contributed by atoms with E-state index in [4.69, 9.17) is 0 Å². The van der Waals surface area contributed by atoms with Crippen LogP contribution < -0.4 is 0 Å². The Bertz CT molecular complexity index is 443. The monoisotopic (exact) mass is 380 g/mol. The number of carbonyl (C=O) groups is 2. The molecule has 6 nitrogen and oxygen atoms in total. The summed E-state index contributed by atoms with van der Waals surface area (Å²) in [7, 11) is 0. The fourth-order valence-corrected chi connectivity index (χ4v) is 4.29. The molecule has 0 aromatic rings. The van der Waals surface area contributed by atoms with Crippen LogP contribution in [0.15, 0.2) is 0 Å². The van der Waals surface area contributed by atoms with Crippen LogP contribution in [0.4, 0.5) is 0 Å². The fraction of sp³-hybridized carbons (Fsp3) is 0.905. The van der Waals surface area contributed by atoms with Crippen molar-refractivity contribution in [3.05, 3.63) is 0 Å². The van der Waals surface area contributed by atoms with Crippen molar-refractivity contribution < 1.29 is 9.59 Å². The van der Waals surface area contributed by atoms with Gasteiger partial charge in [0, 0.05) is 39.0 Å². The van der Waals surface area contributed by atoms with Crippen LogP contribution >= 0.6 is 0 Å². The molecule has 2 saturated heterocycles. The minimum Gasteiger partial charge on any atom is -0.327 e. The summed E-state index contributed by atoms with van der Waals surface area (Å²) in [5, 5.41) is 0. The second-order valence-corrected chi connectivity index (χ2v) is 8.54. The zero-order valence-electron chi connectivity index (χ0n) is 18.0. The molecule has 27 heavy (non-hydrogen) atoms. The van der Waals surface area contributed by atoms with Crippen LogP contribution in [-0.2, 0) is 9.59 Å². The van der Waals surface area contributed by atoms with Gasteiger partial charge in [0.15, 0.2) is 0 Å². The lowest BCUT2D eigenvalue weighted by Gasteiger charge is -2.40. The van der Waals surface area contributed by atoms with E-state index in [1.807, 2.05) is 9.80 Å². The van der Waals surface area contributed by atoms with Crippen LogP contribution in [0.1, 0.15) is 72.6 Å². The van der Waals surface area contributed by atoms with Gasteiger partial charge in [0.1, 0.15) is 0 Å². The molecule has 2 atom stereocenters. The number of amides is 2. The first-order chi connectivity index (χ1) is 12.9. The summed E-state index contributed by atoms with van der Waals surface area (Å²) in [4.78, 5) is 32.2. The van der Waals surface area contributed by atoms with Gasteiger partial charge in [-0.25, -0.2) is 0 Å². The first-order valence-corrected chi connectivity index (χ1v) is 10.9. The Morgan fingerprint density at radius 1 is 0.704 bits per heavy atom. The quantitative estimate of drug-likeness (QED) is 0.608. The minimum atomic E-state index is 0.197. The molecule has 0 unspecified atom stereocenters. The summed E-state index contributed by atoms with van der Waals surface area (Å²) in [6, 6.07) is 0.769. The molecule has 0 radical (unpaired) electrons. The maximum atomic E-state index is 11.7. The fourth-order valence-electron chi connectivity index (χ4n) is 4.29. The normalized spacial score (nSPS) is 25.0. The predicted molar refractivity (Wildman–Crippen MR) is 109 cm³/mol.